The normalized spacial score (nSPS) is 0. The predicted molar refractivity (Wildman–Crippen MR) is 1.11 cm³/mol. The zero-order chi connectivity index (χ0) is 0. The average Bonchev–Trinajstić information content (AvgIpc) is 0. The molecule has 4 heavy (non-hydrogen) atoms. The minimum Gasteiger partial charge on any atom is -1.00 e. The molecule has 0 bridgehead atoms. The number of hydrogen-bond donors (Lipinski definition) is 0. The first-order chi connectivity index (χ1) is 0. The summed E-state index contributed by atoms with van der Waals surface area (Å²) in [4.78, 5) is 0. The van der Waals surface area contributed by atoms with Crippen LogP contribution < -0.4 is 18.9 Å². The molecule has 0 spiro atoms. The van der Waals surface area contributed by atoms with E-state index in [1.807, 2.05) is 0 Å². The fourth-order valence-electron chi connectivity index (χ4n) is 0. The van der Waals surface area contributed by atoms with Crippen molar-refractivity contribution in [2.45, 2.75) is 0 Å². The van der Waals surface area contributed by atoms with Gasteiger partial charge in [0.15, 0.2) is 0 Å². The molecule has 4 heteroatoms. The Morgan fingerprint density at radius 2 is 1.00 bits per heavy atom. The van der Waals surface area contributed by atoms with Crippen molar-refractivity contribution < 1.29 is 70.3 Å². The summed E-state index contributed by atoms with van der Waals surface area (Å²) in [7, 11) is 0. The quantitative estimate of drug-likeness (QED) is 0.351. The van der Waals surface area contributed by atoms with Crippen molar-refractivity contribution in [3.63, 3.8) is 0 Å². The van der Waals surface area contributed by atoms with E-state index in [2.05, 4.69) is 0 Å². The third-order valence-electron chi connectivity index (χ3n) is 0. The molecule has 0 rings (SSSR count). The molecule has 0 fully saturated rings. The SMILES string of the molecule is [H-].[Li+].[Mn].[Ni].[Ni]. The van der Waals surface area contributed by atoms with E-state index in [0.717, 1.165) is 0 Å². The van der Waals surface area contributed by atoms with Gasteiger partial charge in [-0.25, -0.2) is 0 Å². The van der Waals surface area contributed by atoms with Crippen molar-refractivity contribution >= 4 is 0 Å². The second kappa shape index (κ2) is 19.4. The maximum Gasteiger partial charge on any atom is 1.00 e. The van der Waals surface area contributed by atoms with Crippen LogP contribution in [0.1, 0.15) is 1.43 Å². The average molecular weight is 180 g/mol. The Hall–Kier alpha value is 2.10. The van der Waals surface area contributed by atoms with Crippen molar-refractivity contribution in [1.82, 2.24) is 0 Å². The van der Waals surface area contributed by atoms with Gasteiger partial charge in [-0.15, -0.1) is 0 Å². The summed E-state index contributed by atoms with van der Waals surface area (Å²) < 4.78 is 0. The van der Waals surface area contributed by atoms with Crippen molar-refractivity contribution in [3.05, 3.63) is 0 Å². The van der Waals surface area contributed by atoms with Crippen LogP contribution in [0.3, 0.4) is 0 Å². The monoisotopic (exact) mass is 179 g/mol. The van der Waals surface area contributed by atoms with Crippen molar-refractivity contribution in [1.29, 1.82) is 0 Å². The second-order valence-corrected chi connectivity index (χ2v) is 0. The van der Waals surface area contributed by atoms with Gasteiger partial charge in [0, 0.05) is 50.1 Å². The largest absolute Gasteiger partial charge is 1.00 e. The third kappa shape index (κ3) is 8.93. The molecule has 0 aromatic rings. The van der Waals surface area contributed by atoms with E-state index < -0.39 is 0 Å². The van der Waals surface area contributed by atoms with Gasteiger partial charge in [0.05, 0.1) is 0 Å². The molecule has 0 unspecified atom stereocenters. The van der Waals surface area contributed by atoms with Crippen LogP contribution in [-0.4, -0.2) is 0 Å². The summed E-state index contributed by atoms with van der Waals surface area (Å²) in [6, 6.07) is 0. The van der Waals surface area contributed by atoms with Crippen LogP contribution in [0.5, 0.6) is 0 Å². The molecule has 0 atom stereocenters. The van der Waals surface area contributed by atoms with Gasteiger partial charge in [-0.05, 0) is 0 Å². The smallest absolute Gasteiger partial charge is 1.00 e. The topological polar surface area (TPSA) is 0 Å². The van der Waals surface area contributed by atoms with Crippen LogP contribution in [0.25, 0.3) is 0 Å². The van der Waals surface area contributed by atoms with Crippen molar-refractivity contribution in [2.24, 2.45) is 0 Å². The molecular weight excluding hydrogens is 179 g/mol. The van der Waals surface area contributed by atoms with Gasteiger partial charge in [0.25, 0.3) is 0 Å². The standard InChI is InChI=1S/Li.Mn.2Ni.H/q+1;;;;-1. The maximum absolute atomic E-state index is 0. The van der Waals surface area contributed by atoms with E-state index in [1.54, 1.807) is 0 Å². The Morgan fingerprint density at radius 3 is 1.00 bits per heavy atom. The number of hydrogen-bond acceptors (Lipinski definition) is 0. The van der Waals surface area contributed by atoms with Crippen molar-refractivity contribution in [2.75, 3.05) is 0 Å². The fourth-order valence-corrected chi connectivity index (χ4v) is 0. The summed E-state index contributed by atoms with van der Waals surface area (Å²) in [6.07, 6.45) is 0. The first kappa shape index (κ1) is 35.9. The summed E-state index contributed by atoms with van der Waals surface area (Å²) in [5.74, 6) is 0. The van der Waals surface area contributed by atoms with Gasteiger partial charge < -0.3 is 1.43 Å². The van der Waals surface area contributed by atoms with E-state index in [9.17, 15) is 0 Å². The second-order valence-electron chi connectivity index (χ2n) is 0. The predicted octanol–water partition coefficient (Wildman–Crippen LogP) is -2.89. The van der Waals surface area contributed by atoms with Crippen LogP contribution in [0, 0.1) is 0 Å². The molecule has 29 valence electrons. The Morgan fingerprint density at radius 1 is 1.00 bits per heavy atom. The van der Waals surface area contributed by atoms with Gasteiger partial charge in [-0.1, -0.05) is 0 Å². The Balaban J connectivity index is 0. The summed E-state index contributed by atoms with van der Waals surface area (Å²) >= 11 is 0. The summed E-state index contributed by atoms with van der Waals surface area (Å²) in [5.41, 5.74) is 0. The molecule has 0 aliphatic rings. The van der Waals surface area contributed by atoms with Crippen LogP contribution in [0.2, 0.25) is 0 Å². The van der Waals surface area contributed by atoms with Gasteiger partial charge >= 0.3 is 18.9 Å². The first-order valence-electron chi connectivity index (χ1n) is 0. The third-order valence-corrected chi connectivity index (χ3v) is 0. The molecule has 0 aromatic heterocycles. The maximum atomic E-state index is 0. The fraction of sp³-hybridized carbons (Fsp3) is 0. The molecular formula is HLiMnNi2. The van der Waals surface area contributed by atoms with Crippen LogP contribution in [0.4, 0.5) is 0 Å². The van der Waals surface area contributed by atoms with Gasteiger partial charge in [-0.3, -0.25) is 0 Å². The molecule has 0 N–H and O–H groups in total. The van der Waals surface area contributed by atoms with Crippen LogP contribution in [-0.2, 0) is 50.1 Å². The van der Waals surface area contributed by atoms with Gasteiger partial charge in [-0.2, -0.15) is 0 Å². The first-order valence-corrected chi connectivity index (χ1v) is 0. The molecule has 0 saturated heterocycles. The Bertz CT molecular complexity index is 9.61. The molecule has 0 saturated carbocycles. The van der Waals surface area contributed by atoms with E-state index >= 15 is 0 Å². The molecule has 0 amide bonds. The molecule has 0 heterocycles. The zero-order valence-corrected chi connectivity index (χ0v) is 5.17. The van der Waals surface area contributed by atoms with Crippen molar-refractivity contribution in [3.8, 4) is 0 Å². The minimum absolute atomic E-state index is 0. The molecule has 0 aromatic carbocycles. The van der Waals surface area contributed by atoms with E-state index in [-0.39, 0.29) is 70.3 Å². The van der Waals surface area contributed by atoms with E-state index in [0.29, 0.717) is 0 Å². The Kier molecular flexibility index (Phi) is 174. The van der Waals surface area contributed by atoms with Crippen LogP contribution in [0.15, 0.2) is 0 Å². The minimum atomic E-state index is 0. The molecule has 0 aliphatic heterocycles. The summed E-state index contributed by atoms with van der Waals surface area (Å²) in [5, 5.41) is 0. The Labute approximate surface area is 69.8 Å². The van der Waals surface area contributed by atoms with E-state index in [4.69, 9.17) is 0 Å². The summed E-state index contributed by atoms with van der Waals surface area (Å²) in [6.45, 7) is 0. The van der Waals surface area contributed by atoms with Gasteiger partial charge in [0.2, 0.25) is 0 Å². The molecule has 0 aliphatic carbocycles. The zero-order valence-electron chi connectivity index (χ0n) is 3.01. The number of rotatable bonds is 0. The molecule has 1 radical (unpaired) electrons. The molecule has 0 nitrogen and oxygen atoms in total. The van der Waals surface area contributed by atoms with E-state index in [1.165, 1.54) is 0 Å². The van der Waals surface area contributed by atoms with Crippen LogP contribution >= 0.6 is 0 Å². The van der Waals surface area contributed by atoms with Gasteiger partial charge in [0.1, 0.15) is 0 Å².